The first-order chi connectivity index (χ1) is 9.61. The number of carbonyl (C=O) groups excluding carboxylic acids is 1. The highest BCUT2D eigenvalue weighted by Crippen LogP contribution is 2.32. The number of aromatic nitrogens is 2. The van der Waals surface area contributed by atoms with E-state index in [1.807, 2.05) is 25.1 Å². The van der Waals surface area contributed by atoms with Gasteiger partial charge in [-0.2, -0.15) is 5.10 Å². The van der Waals surface area contributed by atoms with Crippen LogP contribution in [-0.4, -0.2) is 46.9 Å². The summed E-state index contributed by atoms with van der Waals surface area (Å²) in [5.41, 5.74) is 6.51. The van der Waals surface area contributed by atoms with E-state index in [-0.39, 0.29) is 5.91 Å². The lowest BCUT2D eigenvalue weighted by molar-refractivity contribution is -0.147. The van der Waals surface area contributed by atoms with Gasteiger partial charge in [0.25, 0.3) is 0 Å². The number of aryl methyl sites for hydroxylation is 1. The third-order valence-corrected chi connectivity index (χ3v) is 4.10. The van der Waals surface area contributed by atoms with E-state index >= 15 is 0 Å². The number of hydrogen-bond donors (Lipinski definition) is 1. The van der Waals surface area contributed by atoms with Crippen LogP contribution < -0.4 is 5.73 Å². The van der Waals surface area contributed by atoms with Gasteiger partial charge in [0.2, 0.25) is 5.91 Å². The van der Waals surface area contributed by atoms with E-state index in [9.17, 15) is 4.79 Å². The van der Waals surface area contributed by atoms with Gasteiger partial charge in [-0.25, -0.2) is 0 Å². The highest BCUT2D eigenvalue weighted by molar-refractivity contribution is 5.83. The molecule has 1 saturated heterocycles. The van der Waals surface area contributed by atoms with Crippen LogP contribution in [-0.2, 0) is 23.1 Å². The minimum absolute atomic E-state index is 0.148. The number of hydrogen-bond acceptors (Lipinski definition) is 4. The number of nitrogens with two attached hydrogens (primary N) is 1. The number of nitrogens with zero attached hydrogens (tertiary/aromatic N) is 3. The van der Waals surface area contributed by atoms with Gasteiger partial charge in [0, 0.05) is 51.7 Å². The molecule has 112 valence electrons. The van der Waals surface area contributed by atoms with Crippen LogP contribution in [0.5, 0.6) is 0 Å². The summed E-state index contributed by atoms with van der Waals surface area (Å²) in [4.78, 5) is 14.7. The van der Waals surface area contributed by atoms with Gasteiger partial charge in [-0.05, 0) is 19.8 Å². The molecule has 0 aromatic carbocycles. The summed E-state index contributed by atoms with van der Waals surface area (Å²) in [6, 6.07) is 0. The first-order valence-electron chi connectivity index (χ1n) is 7.16. The van der Waals surface area contributed by atoms with Gasteiger partial charge in [0.15, 0.2) is 0 Å². The van der Waals surface area contributed by atoms with E-state index in [2.05, 4.69) is 5.10 Å². The molecule has 1 amide bonds. The van der Waals surface area contributed by atoms with E-state index in [4.69, 9.17) is 10.5 Å². The van der Waals surface area contributed by atoms with Crippen LogP contribution in [0.2, 0.25) is 0 Å². The summed E-state index contributed by atoms with van der Waals surface area (Å²) >= 11 is 0. The van der Waals surface area contributed by atoms with Gasteiger partial charge in [-0.1, -0.05) is 0 Å². The first kappa shape index (κ1) is 15.0. The second-order valence-electron chi connectivity index (χ2n) is 5.44. The third kappa shape index (κ3) is 3.02. The zero-order valence-electron chi connectivity index (χ0n) is 12.3. The fraction of sp³-hybridized carbons (Fsp3) is 0.714. The van der Waals surface area contributed by atoms with Crippen molar-refractivity contribution in [1.82, 2.24) is 14.7 Å². The maximum atomic E-state index is 12.9. The van der Waals surface area contributed by atoms with E-state index in [1.54, 1.807) is 10.9 Å². The molecule has 0 spiro atoms. The van der Waals surface area contributed by atoms with Crippen molar-refractivity contribution in [1.29, 1.82) is 0 Å². The predicted molar refractivity (Wildman–Crippen MR) is 75.8 cm³/mol. The van der Waals surface area contributed by atoms with E-state index in [1.165, 1.54) is 0 Å². The van der Waals surface area contributed by atoms with Crippen LogP contribution in [0.25, 0.3) is 0 Å². The average molecular weight is 280 g/mol. The topological polar surface area (TPSA) is 73.4 Å². The molecule has 1 fully saturated rings. The summed E-state index contributed by atoms with van der Waals surface area (Å²) in [5, 5.41) is 4.15. The van der Waals surface area contributed by atoms with E-state index in [0.717, 1.165) is 5.56 Å². The average Bonchev–Trinajstić information content (AvgIpc) is 2.90. The Hall–Kier alpha value is -1.40. The van der Waals surface area contributed by atoms with Gasteiger partial charge in [-0.15, -0.1) is 0 Å². The molecule has 0 unspecified atom stereocenters. The Morgan fingerprint density at radius 1 is 1.55 bits per heavy atom. The van der Waals surface area contributed by atoms with Crippen molar-refractivity contribution in [2.75, 3.05) is 26.3 Å². The van der Waals surface area contributed by atoms with Gasteiger partial charge >= 0.3 is 0 Å². The molecule has 2 N–H and O–H groups in total. The van der Waals surface area contributed by atoms with Crippen molar-refractivity contribution in [3.63, 3.8) is 0 Å². The van der Waals surface area contributed by atoms with Crippen molar-refractivity contribution in [2.24, 2.45) is 18.2 Å². The Morgan fingerprint density at radius 2 is 2.25 bits per heavy atom. The Balaban J connectivity index is 2.11. The van der Waals surface area contributed by atoms with Crippen molar-refractivity contribution in [3.05, 3.63) is 18.0 Å². The molecule has 1 aromatic rings. The summed E-state index contributed by atoms with van der Waals surface area (Å²) < 4.78 is 7.12. The Kier molecular flexibility index (Phi) is 4.77. The molecular formula is C14H24N4O2. The molecule has 6 heteroatoms. The highest BCUT2D eigenvalue weighted by Gasteiger charge is 2.41. The summed E-state index contributed by atoms with van der Waals surface area (Å²) in [6.07, 6.45) is 5.17. The van der Waals surface area contributed by atoms with E-state index in [0.29, 0.717) is 45.7 Å². The van der Waals surface area contributed by atoms with Gasteiger partial charge < -0.3 is 15.4 Å². The maximum absolute atomic E-state index is 12.9. The normalized spacial score (nSPS) is 17.9. The molecule has 0 bridgehead atoms. The van der Waals surface area contributed by atoms with Crippen LogP contribution in [0.1, 0.15) is 25.3 Å². The second kappa shape index (κ2) is 6.37. The Labute approximate surface area is 119 Å². The predicted octanol–water partition coefficient (Wildman–Crippen LogP) is 0.524. The van der Waals surface area contributed by atoms with Crippen molar-refractivity contribution >= 4 is 5.91 Å². The Morgan fingerprint density at radius 3 is 2.75 bits per heavy atom. The molecule has 1 aliphatic heterocycles. The summed E-state index contributed by atoms with van der Waals surface area (Å²) in [7, 11) is 1.88. The molecule has 6 nitrogen and oxygen atoms in total. The molecule has 1 aliphatic rings. The number of carbonyl (C=O) groups is 1. The Bertz CT molecular complexity index is 452. The van der Waals surface area contributed by atoms with Crippen molar-refractivity contribution in [3.8, 4) is 0 Å². The van der Waals surface area contributed by atoms with Crippen LogP contribution in [0.4, 0.5) is 0 Å². The molecule has 20 heavy (non-hydrogen) atoms. The SMILES string of the molecule is CCN(Cc1cnn(C)c1)C(=O)C1(CN)CCOCC1. The molecule has 0 radical (unpaired) electrons. The fourth-order valence-corrected chi connectivity index (χ4v) is 2.70. The molecule has 2 rings (SSSR count). The lowest BCUT2D eigenvalue weighted by atomic mass is 9.79. The van der Waals surface area contributed by atoms with Crippen LogP contribution in [0, 0.1) is 5.41 Å². The summed E-state index contributed by atoms with van der Waals surface area (Å²) in [6.45, 7) is 4.89. The molecule has 0 atom stereocenters. The van der Waals surface area contributed by atoms with Crippen LogP contribution in [0.3, 0.4) is 0 Å². The molecule has 2 heterocycles. The minimum Gasteiger partial charge on any atom is -0.381 e. The zero-order chi connectivity index (χ0) is 14.6. The quantitative estimate of drug-likeness (QED) is 0.853. The smallest absolute Gasteiger partial charge is 0.230 e. The van der Waals surface area contributed by atoms with Crippen molar-refractivity contribution in [2.45, 2.75) is 26.3 Å². The third-order valence-electron chi connectivity index (χ3n) is 4.10. The zero-order valence-corrected chi connectivity index (χ0v) is 12.3. The minimum atomic E-state index is -0.448. The highest BCUT2D eigenvalue weighted by atomic mass is 16.5. The number of rotatable bonds is 5. The largest absolute Gasteiger partial charge is 0.381 e. The molecule has 0 saturated carbocycles. The van der Waals surface area contributed by atoms with Crippen molar-refractivity contribution < 1.29 is 9.53 Å². The monoisotopic (exact) mass is 280 g/mol. The standard InChI is InChI=1S/C14H24N4O2/c1-3-18(10-12-8-16-17(2)9-12)13(19)14(11-15)4-6-20-7-5-14/h8-9H,3-7,10-11,15H2,1-2H3. The molecule has 0 aliphatic carbocycles. The maximum Gasteiger partial charge on any atom is 0.230 e. The van der Waals surface area contributed by atoms with Crippen LogP contribution >= 0.6 is 0 Å². The van der Waals surface area contributed by atoms with Gasteiger partial charge in [0.05, 0.1) is 11.6 Å². The lowest BCUT2D eigenvalue weighted by Gasteiger charge is -2.38. The first-order valence-corrected chi connectivity index (χ1v) is 7.16. The molecular weight excluding hydrogens is 256 g/mol. The van der Waals surface area contributed by atoms with Crippen LogP contribution in [0.15, 0.2) is 12.4 Å². The fourth-order valence-electron chi connectivity index (χ4n) is 2.70. The van der Waals surface area contributed by atoms with Gasteiger partial charge in [0.1, 0.15) is 0 Å². The van der Waals surface area contributed by atoms with E-state index < -0.39 is 5.41 Å². The molecule has 1 aromatic heterocycles. The van der Waals surface area contributed by atoms with Gasteiger partial charge in [-0.3, -0.25) is 9.48 Å². The second-order valence-corrected chi connectivity index (χ2v) is 5.44. The summed E-state index contributed by atoms with van der Waals surface area (Å²) in [5.74, 6) is 0.148. The number of ether oxygens (including phenoxy) is 1. The lowest BCUT2D eigenvalue weighted by Crippen LogP contribution is -2.50. The number of amides is 1.